The molecule has 0 aliphatic carbocycles. The molecular formula is C17H12ClF2N3O2S. The van der Waals surface area contributed by atoms with E-state index in [-0.39, 0.29) is 12.4 Å². The van der Waals surface area contributed by atoms with Gasteiger partial charge >= 0.3 is 0 Å². The highest BCUT2D eigenvalue weighted by atomic mass is 35.5. The van der Waals surface area contributed by atoms with Gasteiger partial charge in [-0.05, 0) is 23.8 Å². The second-order valence-corrected chi connectivity index (χ2v) is 6.45. The Hall–Kier alpha value is -2.45. The Balaban J connectivity index is 1.57. The molecule has 0 aliphatic heterocycles. The molecule has 0 atom stereocenters. The third-order valence-electron chi connectivity index (χ3n) is 3.35. The van der Waals surface area contributed by atoms with Crippen LogP contribution >= 0.6 is 23.4 Å². The van der Waals surface area contributed by atoms with E-state index in [1.807, 2.05) is 18.2 Å². The van der Waals surface area contributed by atoms with Crippen molar-refractivity contribution in [3.05, 3.63) is 76.1 Å². The average molecular weight is 396 g/mol. The Kier molecular flexibility index (Phi) is 5.85. The van der Waals surface area contributed by atoms with Gasteiger partial charge in [0.25, 0.3) is 11.1 Å². The molecule has 1 amide bonds. The summed E-state index contributed by atoms with van der Waals surface area (Å²) in [7, 11) is 0. The molecule has 9 heteroatoms. The number of nitrogens with zero attached hydrogens (tertiary/aromatic N) is 2. The molecule has 0 aliphatic rings. The number of aromatic nitrogens is 2. The van der Waals surface area contributed by atoms with Crippen molar-refractivity contribution in [3.63, 3.8) is 0 Å². The number of thioether (sulfide) groups is 1. The highest BCUT2D eigenvalue weighted by Crippen LogP contribution is 2.25. The van der Waals surface area contributed by atoms with Crippen molar-refractivity contribution in [2.75, 3.05) is 0 Å². The monoisotopic (exact) mass is 395 g/mol. The molecule has 5 nitrogen and oxygen atoms in total. The Bertz CT molecular complexity index is 916. The largest absolute Gasteiger partial charge is 0.414 e. The molecule has 1 aromatic heterocycles. The summed E-state index contributed by atoms with van der Waals surface area (Å²) >= 11 is 7.36. The number of halogens is 3. The molecule has 0 saturated heterocycles. The van der Waals surface area contributed by atoms with Crippen LogP contribution in [0.4, 0.5) is 8.78 Å². The Morgan fingerprint density at radius 3 is 2.58 bits per heavy atom. The van der Waals surface area contributed by atoms with Gasteiger partial charge in [0, 0.05) is 10.8 Å². The summed E-state index contributed by atoms with van der Waals surface area (Å²) in [6.45, 7) is -0.147. The van der Waals surface area contributed by atoms with Crippen molar-refractivity contribution in [2.24, 2.45) is 0 Å². The zero-order valence-electron chi connectivity index (χ0n) is 13.2. The predicted molar refractivity (Wildman–Crippen MR) is 92.8 cm³/mol. The quantitative estimate of drug-likeness (QED) is 0.633. The van der Waals surface area contributed by atoms with Crippen molar-refractivity contribution >= 4 is 29.3 Å². The van der Waals surface area contributed by atoms with Crippen molar-refractivity contribution in [3.8, 4) is 0 Å². The molecule has 0 fully saturated rings. The number of carbonyl (C=O) groups is 1. The number of hydrogen-bond acceptors (Lipinski definition) is 5. The average Bonchev–Trinajstić information content (AvgIpc) is 3.07. The number of nitrogens with one attached hydrogen (secondary N) is 1. The van der Waals surface area contributed by atoms with Crippen LogP contribution < -0.4 is 5.32 Å². The van der Waals surface area contributed by atoms with Crippen molar-refractivity contribution in [1.82, 2.24) is 15.5 Å². The smallest absolute Gasteiger partial charge is 0.276 e. The summed E-state index contributed by atoms with van der Waals surface area (Å²) in [5, 5.41) is 10.9. The third-order valence-corrected chi connectivity index (χ3v) is 4.58. The van der Waals surface area contributed by atoms with Gasteiger partial charge in [0.1, 0.15) is 17.2 Å². The molecule has 134 valence electrons. The second-order valence-electron chi connectivity index (χ2n) is 5.12. The summed E-state index contributed by atoms with van der Waals surface area (Å²) in [6, 6.07) is 10.6. The Labute approximate surface area is 156 Å². The van der Waals surface area contributed by atoms with E-state index < -0.39 is 23.1 Å². The zero-order valence-corrected chi connectivity index (χ0v) is 14.8. The van der Waals surface area contributed by atoms with Gasteiger partial charge in [0.2, 0.25) is 5.89 Å². The Morgan fingerprint density at radius 1 is 1.12 bits per heavy atom. The lowest BCUT2D eigenvalue weighted by Crippen LogP contribution is -2.25. The van der Waals surface area contributed by atoms with Crippen LogP contribution in [0.15, 0.2) is 52.1 Å². The van der Waals surface area contributed by atoms with Crippen LogP contribution in [0, 0.1) is 11.6 Å². The molecule has 26 heavy (non-hydrogen) atoms. The number of hydrogen-bond donors (Lipinski definition) is 1. The van der Waals surface area contributed by atoms with Gasteiger partial charge in [0.05, 0.1) is 6.54 Å². The molecule has 0 unspecified atom stereocenters. The van der Waals surface area contributed by atoms with Crippen molar-refractivity contribution in [2.45, 2.75) is 17.5 Å². The van der Waals surface area contributed by atoms with Gasteiger partial charge in [-0.1, -0.05) is 47.6 Å². The number of rotatable bonds is 6. The number of benzene rings is 2. The van der Waals surface area contributed by atoms with Crippen LogP contribution in [0.25, 0.3) is 0 Å². The molecule has 1 heterocycles. The van der Waals surface area contributed by atoms with E-state index in [0.29, 0.717) is 16.0 Å². The molecule has 0 radical (unpaired) electrons. The van der Waals surface area contributed by atoms with Crippen LogP contribution in [0.2, 0.25) is 5.02 Å². The first-order valence-electron chi connectivity index (χ1n) is 7.45. The number of carbonyl (C=O) groups excluding carboxylic acids is 1. The molecule has 0 bridgehead atoms. The normalized spacial score (nSPS) is 10.7. The van der Waals surface area contributed by atoms with Crippen molar-refractivity contribution in [1.29, 1.82) is 0 Å². The summed E-state index contributed by atoms with van der Waals surface area (Å²) in [4.78, 5) is 11.9. The maximum absolute atomic E-state index is 13.6. The predicted octanol–water partition coefficient (Wildman–Crippen LogP) is 4.22. The van der Waals surface area contributed by atoms with Crippen LogP contribution in [0.1, 0.15) is 21.8 Å². The van der Waals surface area contributed by atoms with Crippen molar-refractivity contribution < 1.29 is 18.0 Å². The summed E-state index contributed by atoms with van der Waals surface area (Å²) < 4.78 is 32.5. The van der Waals surface area contributed by atoms with E-state index in [0.717, 1.165) is 17.7 Å². The van der Waals surface area contributed by atoms with Crippen LogP contribution in [-0.2, 0) is 12.3 Å². The summed E-state index contributed by atoms with van der Waals surface area (Å²) in [6.07, 6.45) is 0. The lowest BCUT2D eigenvalue weighted by molar-refractivity contribution is 0.0938. The lowest BCUT2D eigenvalue weighted by atomic mass is 10.2. The zero-order chi connectivity index (χ0) is 18.5. The fourth-order valence-electron chi connectivity index (χ4n) is 2.08. The van der Waals surface area contributed by atoms with E-state index in [2.05, 4.69) is 15.5 Å². The molecular weight excluding hydrogens is 384 g/mol. The van der Waals surface area contributed by atoms with E-state index >= 15 is 0 Å². The van der Waals surface area contributed by atoms with Gasteiger partial charge < -0.3 is 9.73 Å². The van der Waals surface area contributed by atoms with Gasteiger partial charge in [0.15, 0.2) is 0 Å². The van der Waals surface area contributed by atoms with E-state index in [1.165, 1.54) is 17.8 Å². The molecule has 0 spiro atoms. The highest BCUT2D eigenvalue weighted by molar-refractivity contribution is 7.98. The molecule has 3 rings (SSSR count). The lowest BCUT2D eigenvalue weighted by Gasteiger charge is -2.04. The van der Waals surface area contributed by atoms with Crippen LogP contribution in [0.5, 0.6) is 0 Å². The topological polar surface area (TPSA) is 68.0 Å². The van der Waals surface area contributed by atoms with Gasteiger partial charge in [-0.3, -0.25) is 4.79 Å². The van der Waals surface area contributed by atoms with Gasteiger partial charge in [-0.2, -0.15) is 0 Å². The first-order valence-corrected chi connectivity index (χ1v) is 8.81. The van der Waals surface area contributed by atoms with Gasteiger partial charge in [-0.15, -0.1) is 10.2 Å². The van der Waals surface area contributed by atoms with E-state index in [1.54, 1.807) is 6.07 Å². The Morgan fingerprint density at radius 2 is 1.85 bits per heavy atom. The number of amides is 1. The molecule has 2 aromatic carbocycles. The van der Waals surface area contributed by atoms with Gasteiger partial charge in [-0.25, -0.2) is 8.78 Å². The van der Waals surface area contributed by atoms with Crippen LogP contribution in [0.3, 0.4) is 0 Å². The molecule has 0 saturated carbocycles. The minimum absolute atomic E-state index is 0.122. The highest BCUT2D eigenvalue weighted by Gasteiger charge is 2.17. The summed E-state index contributed by atoms with van der Waals surface area (Å²) in [5.41, 5.74) is 0.266. The summed E-state index contributed by atoms with van der Waals surface area (Å²) in [5.74, 6) is -2.12. The standard InChI is InChI=1S/C17H12ClF2N3O2S/c18-11-5-2-1-4-10(11)9-26-17-23-22-14(25-17)8-21-16(24)15-12(19)6-3-7-13(15)20/h1-7H,8-9H2,(H,21,24). The fourth-order valence-corrected chi connectivity index (χ4v) is 3.15. The minimum atomic E-state index is -0.941. The third kappa shape index (κ3) is 4.39. The second kappa shape index (κ2) is 8.29. The SMILES string of the molecule is O=C(NCc1nnc(SCc2ccccc2Cl)o1)c1c(F)cccc1F. The minimum Gasteiger partial charge on any atom is -0.414 e. The first kappa shape index (κ1) is 18.3. The van der Waals surface area contributed by atoms with E-state index in [9.17, 15) is 13.6 Å². The van der Waals surface area contributed by atoms with E-state index in [4.69, 9.17) is 16.0 Å². The maximum Gasteiger partial charge on any atom is 0.276 e. The maximum atomic E-state index is 13.6. The molecule has 3 aromatic rings. The molecule has 1 N–H and O–H groups in total. The first-order chi connectivity index (χ1) is 12.5. The fraction of sp³-hybridized carbons (Fsp3) is 0.118. The van der Waals surface area contributed by atoms with Crippen LogP contribution in [-0.4, -0.2) is 16.1 Å².